The second-order valence-electron chi connectivity index (χ2n) is 4.68. The van der Waals surface area contributed by atoms with Crippen molar-refractivity contribution in [2.45, 2.75) is 6.92 Å². The first-order chi connectivity index (χ1) is 9.31. The van der Waals surface area contributed by atoms with Gasteiger partial charge in [0.05, 0.1) is 5.92 Å². The van der Waals surface area contributed by atoms with Crippen molar-refractivity contribution >= 4 is 23.8 Å². The summed E-state index contributed by atoms with van der Waals surface area (Å²) < 4.78 is 0. The van der Waals surface area contributed by atoms with Crippen LogP contribution in [0.3, 0.4) is 0 Å². The summed E-state index contributed by atoms with van der Waals surface area (Å²) in [6.07, 6.45) is 1.54. The minimum absolute atomic E-state index is 0.106. The number of anilines is 2. The summed E-state index contributed by atoms with van der Waals surface area (Å²) in [4.78, 5) is 33.8. The van der Waals surface area contributed by atoms with Crippen molar-refractivity contribution in [1.29, 1.82) is 0 Å². The van der Waals surface area contributed by atoms with E-state index < -0.39 is 17.9 Å². The molecule has 1 rings (SSSR count). The molecule has 1 aromatic rings. The number of carboxylic acid groups (broad SMARTS) is 1. The Bertz CT molecular complexity index is 492. The topological polar surface area (TPSA) is 98.7 Å². The Morgan fingerprint density at radius 1 is 1.40 bits per heavy atom. The summed E-state index contributed by atoms with van der Waals surface area (Å²) in [5.41, 5.74) is 0. The molecule has 0 aliphatic heterocycles. The van der Waals surface area contributed by atoms with Crippen LogP contribution in [0.15, 0.2) is 12.3 Å². The van der Waals surface area contributed by atoms with Gasteiger partial charge in [-0.25, -0.2) is 9.78 Å². The SMILES string of the molecule is CC(CN(C)C(=O)Nc1nccc(N(C)C)n1)C(=O)O. The van der Waals surface area contributed by atoms with Crippen LogP contribution in [0.2, 0.25) is 0 Å². The minimum Gasteiger partial charge on any atom is -0.481 e. The number of carbonyl (C=O) groups excluding carboxylic acids is 1. The standard InChI is InChI=1S/C12H19N5O3/c1-8(10(18)19)7-17(4)12(20)15-11-13-6-5-9(14-11)16(2)3/h5-6,8H,7H2,1-4H3,(H,18,19)(H,13,14,15,20). The predicted octanol–water partition coefficient (Wildman–Crippen LogP) is 0.727. The molecule has 1 unspecified atom stereocenters. The minimum atomic E-state index is -0.949. The Hall–Kier alpha value is -2.38. The van der Waals surface area contributed by atoms with Gasteiger partial charge < -0.3 is 14.9 Å². The number of rotatable bonds is 5. The van der Waals surface area contributed by atoms with Crippen LogP contribution in [0.5, 0.6) is 0 Å². The second-order valence-corrected chi connectivity index (χ2v) is 4.68. The van der Waals surface area contributed by atoms with Crippen molar-refractivity contribution in [1.82, 2.24) is 14.9 Å². The lowest BCUT2D eigenvalue weighted by molar-refractivity contribution is -0.141. The molecule has 8 heteroatoms. The third-order valence-corrected chi connectivity index (χ3v) is 2.63. The second kappa shape index (κ2) is 6.69. The van der Waals surface area contributed by atoms with E-state index in [0.717, 1.165) is 0 Å². The van der Waals surface area contributed by atoms with Gasteiger partial charge in [0.2, 0.25) is 5.95 Å². The molecule has 0 saturated carbocycles. The van der Waals surface area contributed by atoms with Gasteiger partial charge in [-0.3, -0.25) is 10.1 Å². The van der Waals surface area contributed by atoms with E-state index in [1.165, 1.54) is 25.1 Å². The molecule has 1 atom stereocenters. The third-order valence-electron chi connectivity index (χ3n) is 2.63. The normalized spacial score (nSPS) is 11.6. The number of amides is 2. The zero-order valence-electron chi connectivity index (χ0n) is 12.0. The zero-order chi connectivity index (χ0) is 15.3. The van der Waals surface area contributed by atoms with Crippen LogP contribution in [0.1, 0.15) is 6.92 Å². The number of nitrogens with zero attached hydrogens (tertiary/aromatic N) is 4. The molecule has 0 radical (unpaired) electrons. The van der Waals surface area contributed by atoms with Crippen molar-refractivity contribution in [2.24, 2.45) is 5.92 Å². The highest BCUT2D eigenvalue weighted by Gasteiger charge is 2.18. The van der Waals surface area contributed by atoms with Crippen LogP contribution in [0, 0.1) is 5.92 Å². The summed E-state index contributed by atoms with van der Waals surface area (Å²) >= 11 is 0. The van der Waals surface area contributed by atoms with E-state index in [-0.39, 0.29) is 12.5 Å². The van der Waals surface area contributed by atoms with E-state index in [1.54, 1.807) is 11.0 Å². The van der Waals surface area contributed by atoms with E-state index in [4.69, 9.17) is 5.11 Å². The van der Waals surface area contributed by atoms with Gasteiger partial charge in [-0.05, 0) is 6.07 Å². The number of hydrogen-bond donors (Lipinski definition) is 2. The Morgan fingerprint density at radius 2 is 2.05 bits per heavy atom. The van der Waals surface area contributed by atoms with Gasteiger partial charge in [0, 0.05) is 33.9 Å². The van der Waals surface area contributed by atoms with Crippen molar-refractivity contribution in [2.75, 3.05) is 37.9 Å². The van der Waals surface area contributed by atoms with Crippen LogP contribution in [-0.2, 0) is 4.79 Å². The van der Waals surface area contributed by atoms with Crippen LogP contribution in [0.25, 0.3) is 0 Å². The molecule has 0 aliphatic carbocycles. The molecule has 0 spiro atoms. The van der Waals surface area contributed by atoms with Gasteiger partial charge in [-0.1, -0.05) is 6.92 Å². The van der Waals surface area contributed by atoms with Crippen LogP contribution >= 0.6 is 0 Å². The van der Waals surface area contributed by atoms with Gasteiger partial charge in [-0.15, -0.1) is 0 Å². The molecular weight excluding hydrogens is 262 g/mol. The van der Waals surface area contributed by atoms with E-state index >= 15 is 0 Å². The highest BCUT2D eigenvalue weighted by Crippen LogP contribution is 2.09. The Labute approximate surface area is 117 Å². The number of aromatic nitrogens is 2. The molecule has 1 heterocycles. The lowest BCUT2D eigenvalue weighted by atomic mass is 10.2. The monoisotopic (exact) mass is 281 g/mol. The molecule has 2 N–H and O–H groups in total. The first-order valence-electron chi connectivity index (χ1n) is 6.06. The maximum Gasteiger partial charge on any atom is 0.323 e. The fraction of sp³-hybridized carbons (Fsp3) is 0.500. The maximum absolute atomic E-state index is 11.9. The molecule has 0 saturated heterocycles. The van der Waals surface area contributed by atoms with Crippen LogP contribution in [0.4, 0.5) is 16.6 Å². The third kappa shape index (κ3) is 4.38. The van der Waals surface area contributed by atoms with Gasteiger partial charge in [0.15, 0.2) is 0 Å². The molecule has 2 amide bonds. The Kier molecular flexibility index (Phi) is 5.24. The van der Waals surface area contributed by atoms with Gasteiger partial charge in [0.25, 0.3) is 0 Å². The van der Waals surface area contributed by atoms with Crippen molar-refractivity contribution < 1.29 is 14.7 Å². The number of carboxylic acids is 1. The Balaban J connectivity index is 2.66. The highest BCUT2D eigenvalue weighted by molar-refractivity contribution is 5.87. The first kappa shape index (κ1) is 15.7. The largest absolute Gasteiger partial charge is 0.481 e. The molecule has 0 fully saturated rings. The Morgan fingerprint density at radius 3 is 2.60 bits per heavy atom. The average Bonchev–Trinajstić information content (AvgIpc) is 2.38. The molecule has 0 aromatic carbocycles. The fourth-order valence-corrected chi connectivity index (χ4v) is 1.42. The van der Waals surface area contributed by atoms with Gasteiger partial charge >= 0.3 is 12.0 Å². The van der Waals surface area contributed by atoms with E-state index in [9.17, 15) is 9.59 Å². The van der Waals surface area contributed by atoms with Crippen molar-refractivity contribution in [3.05, 3.63) is 12.3 Å². The van der Waals surface area contributed by atoms with E-state index in [1.807, 2.05) is 14.1 Å². The quantitative estimate of drug-likeness (QED) is 0.825. The molecule has 8 nitrogen and oxygen atoms in total. The lowest BCUT2D eigenvalue weighted by Crippen LogP contribution is -2.37. The molecule has 1 aromatic heterocycles. The number of aliphatic carboxylic acids is 1. The molecule has 110 valence electrons. The summed E-state index contributed by atoms with van der Waals surface area (Å²) in [5.74, 6) is -0.747. The van der Waals surface area contributed by atoms with Crippen molar-refractivity contribution in [3.63, 3.8) is 0 Å². The van der Waals surface area contributed by atoms with Crippen molar-refractivity contribution in [3.8, 4) is 0 Å². The fourth-order valence-electron chi connectivity index (χ4n) is 1.42. The average molecular weight is 281 g/mol. The van der Waals surface area contributed by atoms with E-state index in [2.05, 4.69) is 15.3 Å². The number of carbonyl (C=O) groups is 2. The maximum atomic E-state index is 11.9. The molecular formula is C12H19N5O3. The molecule has 0 aliphatic rings. The highest BCUT2D eigenvalue weighted by atomic mass is 16.4. The smallest absolute Gasteiger partial charge is 0.323 e. The van der Waals surface area contributed by atoms with Crippen LogP contribution in [-0.4, -0.2) is 59.7 Å². The number of nitrogens with one attached hydrogen (secondary N) is 1. The van der Waals surface area contributed by atoms with Gasteiger partial charge in [0.1, 0.15) is 5.82 Å². The number of hydrogen-bond acceptors (Lipinski definition) is 5. The molecule has 0 bridgehead atoms. The number of urea groups is 1. The predicted molar refractivity (Wildman–Crippen MR) is 74.8 cm³/mol. The summed E-state index contributed by atoms with van der Waals surface area (Å²) in [7, 11) is 5.17. The summed E-state index contributed by atoms with van der Waals surface area (Å²) in [5, 5.41) is 11.3. The lowest BCUT2D eigenvalue weighted by Gasteiger charge is -2.19. The summed E-state index contributed by atoms with van der Waals surface area (Å²) in [6.45, 7) is 1.64. The molecule has 20 heavy (non-hydrogen) atoms. The zero-order valence-corrected chi connectivity index (χ0v) is 12.0. The van der Waals surface area contributed by atoms with Crippen LogP contribution < -0.4 is 10.2 Å². The summed E-state index contributed by atoms with van der Waals surface area (Å²) in [6, 6.07) is 1.26. The van der Waals surface area contributed by atoms with Gasteiger partial charge in [-0.2, -0.15) is 4.98 Å². The first-order valence-corrected chi connectivity index (χ1v) is 6.06. The van der Waals surface area contributed by atoms with E-state index in [0.29, 0.717) is 5.82 Å².